The number of carbonyl (C=O) groups excluding carboxylic acids is 1. The summed E-state index contributed by atoms with van der Waals surface area (Å²) in [5.41, 5.74) is 0. The van der Waals surface area contributed by atoms with Gasteiger partial charge in [0.25, 0.3) is 0 Å². The Bertz CT molecular complexity index is 143. The van der Waals surface area contributed by atoms with Crippen molar-refractivity contribution in [2.24, 2.45) is 0 Å². The second-order valence-electron chi connectivity index (χ2n) is 2.36. The van der Waals surface area contributed by atoms with Crippen molar-refractivity contribution in [1.29, 1.82) is 0 Å². The van der Waals surface area contributed by atoms with E-state index in [0.29, 0.717) is 0 Å². The van der Waals surface area contributed by atoms with Gasteiger partial charge in [0.05, 0.1) is 6.61 Å². The van der Waals surface area contributed by atoms with Crippen LogP contribution in [0.4, 0.5) is 0 Å². The fraction of sp³-hybridized carbons (Fsp3) is 0.833. The van der Waals surface area contributed by atoms with Crippen LogP contribution in [0.1, 0.15) is 0 Å². The van der Waals surface area contributed by atoms with Crippen LogP contribution in [0.3, 0.4) is 0 Å². The largest absolute Gasteiger partial charge is 2.00 e. The van der Waals surface area contributed by atoms with Gasteiger partial charge >= 0.3 is 23.1 Å². The maximum Gasteiger partial charge on any atom is 2.00 e. The fourth-order valence-electron chi connectivity index (χ4n) is 0.618. The average molecular weight is 204 g/mol. The van der Waals surface area contributed by atoms with E-state index in [-0.39, 0.29) is 29.3 Å². The van der Waals surface area contributed by atoms with Crippen molar-refractivity contribution >= 4 is 29.3 Å². The molecule has 0 aromatic rings. The predicted octanol–water partition coefficient (Wildman–Crippen LogP) is -3.76. The number of rotatable bonds is 5. The first-order valence-corrected chi connectivity index (χ1v) is 3.33. The zero-order valence-electron chi connectivity index (χ0n) is 6.95. The quantitative estimate of drug-likeness (QED) is 0.232. The molecule has 4 atom stereocenters. The normalized spacial score (nSPS) is 19.5. The Morgan fingerprint density at radius 1 is 1.08 bits per heavy atom. The van der Waals surface area contributed by atoms with Crippen molar-refractivity contribution < 1.29 is 30.3 Å². The van der Waals surface area contributed by atoms with Gasteiger partial charge in [0.15, 0.2) is 6.29 Å². The molecular weight excluding hydrogens is 192 g/mol. The van der Waals surface area contributed by atoms with Gasteiger partial charge in [-0.25, -0.2) is 0 Å². The molecule has 0 bridgehead atoms. The smallest absolute Gasteiger partial charge is 0.394 e. The molecule has 72 valence electrons. The van der Waals surface area contributed by atoms with Gasteiger partial charge in [0, 0.05) is 0 Å². The minimum Gasteiger partial charge on any atom is -0.394 e. The molecule has 0 heterocycles. The molecule has 0 unspecified atom stereocenters. The van der Waals surface area contributed by atoms with Crippen LogP contribution < -0.4 is 0 Å². The monoisotopic (exact) mass is 204 g/mol. The third-order valence-electron chi connectivity index (χ3n) is 1.42. The van der Waals surface area contributed by atoms with E-state index in [2.05, 4.69) is 0 Å². The summed E-state index contributed by atoms with van der Waals surface area (Å²) >= 11 is 0. The van der Waals surface area contributed by atoms with Crippen molar-refractivity contribution in [2.75, 3.05) is 6.61 Å². The fourth-order valence-corrected chi connectivity index (χ4v) is 0.618. The van der Waals surface area contributed by atoms with E-state index in [1.54, 1.807) is 0 Å². The van der Waals surface area contributed by atoms with Crippen LogP contribution in [0, 0.1) is 0 Å². The van der Waals surface area contributed by atoms with E-state index in [1.165, 1.54) is 0 Å². The molecule has 5 N–H and O–H groups in total. The molecule has 0 aliphatic heterocycles. The predicted molar refractivity (Wildman–Crippen MR) is 42.9 cm³/mol. The summed E-state index contributed by atoms with van der Waals surface area (Å²) in [5, 5.41) is 43.5. The Kier molecular flexibility index (Phi) is 9.20. The molecule has 13 heavy (non-hydrogen) atoms. The molecule has 0 spiro atoms. The van der Waals surface area contributed by atoms with Crippen molar-refractivity contribution in [1.82, 2.24) is 0 Å². The third kappa shape index (κ3) is 4.86. The van der Waals surface area contributed by atoms with Gasteiger partial charge in [0.2, 0.25) is 0 Å². The molecule has 0 fully saturated rings. The van der Waals surface area contributed by atoms with Crippen LogP contribution in [0.2, 0.25) is 0 Å². The Morgan fingerprint density at radius 2 is 1.54 bits per heavy atom. The van der Waals surface area contributed by atoms with E-state index in [0.717, 1.165) is 0 Å². The first kappa shape index (κ1) is 15.7. The summed E-state index contributed by atoms with van der Waals surface area (Å²) in [6.45, 7) is -0.760. The van der Waals surface area contributed by atoms with Gasteiger partial charge in [0.1, 0.15) is 24.4 Å². The second kappa shape index (κ2) is 7.62. The molecule has 0 saturated carbocycles. The third-order valence-corrected chi connectivity index (χ3v) is 1.42. The first-order chi connectivity index (χ1) is 5.54. The van der Waals surface area contributed by atoms with E-state index >= 15 is 0 Å². The minimum absolute atomic E-state index is 0. The molecule has 0 radical (unpaired) electrons. The molecule has 6 nitrogen and oxygen atoms in total. The van der Waals surface area contributed by atoms with Gasteiger partial charge in [-0.1, -0.05) is 0 Å². The van der Waals surface area contributed by atoms with E-state index in [4.69, 9.17) is 25.5 Å². The van der Waals surface area contributed by atoms with Crippen LogP contribution >= 0.6 is 0 Å². The van der Waals surface area contributed by atoms with Crippen molar-refractivity contribution in [2.45, 2.75) is 24.4 Å². The Morgan fingerprint density at radius 3 is 1.85 bits per heavy atom. The second-order valence-corrected chi connectivity index (χ2v) is 2.36. The summed E-state index contributed by atoms with van der Waals surface area (Å²) in [5.74, 6) is 0. The molecule has 0 saturated heterocycles. The Hall–Kier alpha value is 0.236. The summed E-state index contributed by atoms with van der Waals surface area (Å²) < 4.78 is 0. The van der Waals surface area contributed by atoms with E-state index < -0.39 is 31.0 Å². The Balaban J connectivity index is 0. The number of aliphatic hydroxyl groups excluding tert-OH is 5. The van der Waals surface area contributed by atoms with E-state index in [9.17, 15) is 4.79 Å². The zero-order chi connectivity index (χ0) is 9.72. The van der Waals surface area contributed by atoms with E-state index in [1.807, 2.05) is 0 Å². The van der Waals surface area contributed by atoms with Gasteiger partial charge in [-0.3, -0.25) is 0 Å². The average Bonchev–Trinajstić information content (AvgIpc) is 2.12. The minimum atomic E-state index is -1.79. The van der Waals surface area contributed by atoms with Crippen molar-refractivity contribution in [3.63, 3.8) is 0 Å². The molecule has 0 aliphatic carbocycles. The SMILES string of the molecule is O=C[C@H](O)[C@@H](O)[C@H](O)[C@H](O)CO.[Mg+2]. The van der Waals surface area contributed by atoms with Crippen LogP contribution in [-0.2, 0) is 4.79 Å². The number of carbonyl (C=O) groups is 1. The van der Waals surface area contributed by atoms with Gasteiger partial charge in [-0.2, -0.15) is 0 Å². The molecule has 0 aliphatic rings. The standard InChI is InChI=1S/C6H12O6.Mg/c7-1-3(9)5(11)6(12)4(10)2-8;/h1,3-6,8-12H,2H2;/q;+2/t3-,4+,5+,6+;/m0./s1. The zero-order valence-corrected chi connectivity index (χ0v) is 8.36. The van der Waals surface area contributed by atoms with Crippen molar-refractivity contribution in [3.8, 4) is 0 Å². The molecular formula is C6H12MgO6+2. The molecule has 0 aromatic carbocycles. The van der Waals surface area contributed by atoms with Crippen LogP contribution in [-0.4, -0.2) is 85.9 Å². The van der Waals surface area contributed by atoms with Crippen LogP contribution in [0.5, 0.6) is 0 Å². The summed E-state index contributed by atoms with van der Waals surface area (Å²) in [6, 6.07) is 0. The summed E-state index contributed by atoms with van der Waals surface area (Å²) in [6.07, 6.45) is -6.84. The van der Waals surface area contributed by atoms with Gasteiger partial charge in [-0.05, 0) is 0 Å². The number of hydrogen-bond acceptors (Lipinski definition) is 6. The number of aldehydes is 1. The first-order valence-electron chi connectivity index (χ1n) is 3.33. The van der Waals surface area contributed by atoms with Crippen molar-refractivity contribution in [3.05, 3.63) is 0 Å². The molecule has 0 aromatic heterocycles. The van der Waals surface area contributed by atoms with Gasteiger partial charge in [-0.15, -0.1) is 0 Å². The molecule has 7 heteroatoms. The summed E-state index contributed by atoms with van der Waals surface area (Å²) in [4.78, 5) is 9.90. The topological polar surface area (TPSA) is 118 Å². The maximum absolute atomic E-state index is 9.90. The molecule has 0 rings (SSSR count). The number of hydrogen-bond donors (Lipinski definition) is 5. The maximum atomic E-state index is 9.90. The van der Waals surface area contributed by atoms with Crippen LogP contribution in [0.15, 0.2) is 0 Å². The summed E-state index contributed by atoms with van der Waals surface area (Å²) in [7, 11) is 0. The number of aliphatic hydroxyl groups is 5. The molecule has 0 amide bonds. The van der Waals surface area contributed by atoms with Crippen LogP contribution in [0.25, 0.3) is 0 Å². The van der Waals surface area contributed by atoms with Gasteiger partial charge < -0.3 is 30.3 Å². The Labute approximate surface area is 91.0 Å².